The van der Waals surface area contributed by atoms with E-state index in [1.807, 2.05) is 31.1 Å². The van der Waals surface area contributed by atoms with E-state index in [4.69, 9.17) is 0 Å². The van der Waals surface area contributed by atoms with Gasteiger partial charge in [-0.05, 0) is 25.0 Å². The monoisotopic (exact) mass is 248 g/mol. The van der Waals surface area contributed by atoms with E-state index in [1.54, 1.807) is 6.20 Å². The van der Waals surface area contributed by atoms with Gasteiger partial charge in [0.1, 0.15) is 5.82 Å². The van der Waals surface area contributed by atoms with Crippen molar-refractivity contribution in [3.8, 4) is 0 Å². The van der Waals surface area contributed by atoms with Gasteiger partial charge in [0.05, 0.1) is 11.9 Å². The minimum atomic E-state index is -0.138. The molecule has 1 fully saturated rings. The first-order valence-corrected chi connectivity index (χ1v) is 6.36. The fourth-order valence-corrected chi connectivity index (χ4v) is 2.15. The molecule has 0 atom stereocenters. The summed E-state index contributed by atoms with van der Waals surface area (Å²) in [6.45, 7) is 0. The third-order valence-electron chi connectivity index (χ3n) is 3.15. The molecular formula is C13H20N4O. The van der Waals surface area contributed by atoms with Crippen molar-refractivity contribution >= 4 is 17.5 Å². The topological polar surface area (TPSA) is 57.3 Å². The molecule has 0 aliphatic heterocycles. The number of rotatable bonds is 3. The lowest BCUT2D eigenvalue weighted by Crippen LogP contribution is -2.36. The van der Waals surface area contributed by atoms with Crippen molar-refractivity contribution in [2.75, 3.05) is 24.3 Å². The predicted molar refractivity (Wildman–Crippen MR) is 73.0 cm³/mol. The summed E-state index contributed by atoms with van der Waals surface area (Å²) in [4.78, 5) is 17.9. The Labute approximate surface area is 108 Å². The van der Waals surface area contributed by atoms with Crippen molar-refractivity contribution < 1.29 is 4.79 Å². The second kappa shape index (κ2) is 5.71. The van der Waals surface area contributed by atoms with Gasteiger partial charge in [0.2, 0.25) is 0 Å². The highest BCUT2D eigenvalue weighted by Crippen LogP contribution is 2.18. The van der Waals surface area contributed by atoms with E-state index in [0.717, 1.165) is 24.3 Å². The molecule has 18 heavy (non-hydrogen) atoms. The molecule has 1 heterocycles. The first kappa shape index (κ1) is 12.7. The van der Waals surface area contributed by atoms with Crippen molar-refractivity contribution in [3.05, 3.63) is 18.3 Å². The van der Waals surface area contributed by atoms with Crippen LogP contribution in [0.5, 0.6) is 0 Å². The summed E-state index contributed by atoms with van der Waals surface area (Å²) < 4.78 is 0. The Bertz CT molecular complexity index is 396. The Hall–Kier alpha value is -1.78. The Kier molecular flexibility index (Phi) is 4.02. The maximum atomic E-state index is 11.7. The molecule has 0 saturated heterocycles. The van der Waals surface area contributed by atoms with Gasteiger partial charge >= 0.3 is 6.03 Å². The molecule has 1 saturated carbocycles. The van der Waals surface area contributed by atoms with Crippen molar-refractivity contribution in [1.29, 1.82) is 0 Å². The van der Waals surface area contributed by atoms with Crippen LogP contribution in [0.15, 0.2) is 18.3 Å². The third-order valence-corrected chi connectivity index (χ3v) is 3.15. The number of pyridine rings is 1. The molecule has 0 bridgehead atoms. The first-order chi connectivity index (χ1) is 8.65. The molecule has 1 aromatic heterocycles. The SMILES string of the molecule is CN(C)c1ccc(NC(=O)NC2CCCC2)cn1. The molecule has 0 radical (unpaired) electrons. The molecule has 5 heteroatoms. The highest BCUT2D eigenvalue weighted by molar-refractivity contribution is 5.89. The molecular weight excluding hydrogens is 228 g/mol. The lowest BCUT2D eigenvalue weighted by atomic mass is 10.2. The highest BCUT2D eigenvalue weighted by atomic mass is 16.2. The van der Waals surface area contributed by atoms with Crippen LogP contribution in [0.3, 0.4) is 0 Å². The standard InChI is InChI=1S/C13H20N4O/c1-17(2)12-8-7-11(9-14-12)16-13(18)15-10-5-3-4-6-10/h7-10H,3-6H2,1-2H3,(H2,15,16,18). The number of carbonyl (C=O) groups excluding carboxylic acids is 1. The minimum absolute atomic E-state index is 0.138. The van der Waals surface area contributed by atoms with Crippen LogP contribution in [0, 0.1) is 0 Å². The van der Waals surface area contributed by atoms with E-state index in [0.29, 0.717) is 6.04 Å². The van der Waals surface area contributed by atoms with Gasteiger partial charge in [-0.1, -0.05) is 12.8 Å². The summed E-state index contributed by atoms with van der Waals surface area (Å²) in [6, 6.07) is 3.93. The first-order valence-electron chi connectivity index (χ1n) is 6.36. The molecule has 2 amide bonds. The molecule has 1 aliphatic rings. The van der Waals surface area contributed by atoms with E-state index in [2.05, 4.69) is 15.6 Å². The Morgan fingerprint density at radius 1 is 1.33 bits per heavy atom. The molecule has 0 unspecified atom stereocenters. The zero-order valence-electron chi connectivity index (χ0n) is 10.9. The fourth-order valence-electron chi connectivity index (χ4n) is 2.15. The maximum Gasteiger partial charge on any atom is 0.319 e. The molecule has 2 N–H and O–H groups in total. The molecule has 0 spiro atoms. The predicted octanol–water partition coefficient (Wildman–Crippen LogP) is 2.21. The Morgan fingerprint density at radius 2 is 2.06 bits per heavy atom. The summed E-state index contributed by atoms with van der Waals surface area (Å²) in [6.07, 6.45) is 6.27. The number of hydrogen-bond donors (Lipinski definition) is 2. The number of nitrogens with one attached hydrogen (secondary N) is 2. The lowest BCUT2D eigenvalue weighted by molar-refractivity contribution is 0.248. The van der Waals surface area contributed by atoms with Crippen LogP contribution < -0.4 is 15.5 Å². The lowest BCUT2D eigenvalue weighted by Gasteiger charge is -2.14. The molecule has 1 aliphatic carbocycles. The van der Waals surface area contributed by atoms with Gasteiger partial charge in [-0.25, -0.2) is 9.78 Å². The average molecular weight is 248 g/mol. The van der Waals surface area contributed by atoms with Gasteiger partial charge in [-0.3, -0.25) is 0 Å². The van der Waals surface area contributed by atoms with Gasteiger partial charge in [-0.2, -0.15) is 0 Å². The van der Waals surface area contributed by atoms with Crippen LogP contribution >= 0.6 is 0 Å². The number of nitrogens with zero attached hydrogens (tertiary/aromatic N) is 2. The quantitative estimate of drug-likeness (QED) is 0.862. The maximum absolute atomic E-state index is 11.7. The van der Waals surface area contributed by atoms with Crippen LogP contribution in [0.2, 0.25) is 0 Å². The number of urea groups is 1. The molecule has 0 aromatic carbocycles. The Balaban J connectivity index is 1.86. The van der Waals surface area contributed by atoms with Crippen LogP contribution in [0.1, 0.15) is 25.7 Å². The van der Waals surface area contributed by atoms with Crippen LogP contribution in [0.25, 0.3) is 0 Å². The zero-order valence-corrected chi connectivity index (χ0v) is 10.9. The fraction of sp³-hybridized carbons (Fsp3) is 0.538. The summed E-state index contributed by atoms with van der Waals surface area (Å²) in [5.74, 6) is 0.872. The van der Waals surface area contributed by atoms with E-state index in [1.165, 1.54) is 12.8 Å². The number of aromatic nitrogens is 1. The van der Waals surface area contributed by atoms with Crippen LogP contribution in [-0.4, -0.2) is 31.2 Å². The van der Waals surface area contributed by atoms with Crippen LogP contribution in [-0.2, 0) is 0 Å². The second-order valence-corrected chi connectivity index (χ2v) is 4.88. The molecule has 1 aromatic rings. The van der Waals surface area contributed by atoms with Crippen molar-refractivity contribution in [3.63, 3.8) is 0 Å². The summed E-state index contributed by atoms with van der Waals surface area (Å²) in [5.41, 5.74) is 0.719. The highest BCUT2D eigenvalue weighted by Gasteiger charge is 2.16. The minimum Gasteiger partial charge on any atom is -0.363 e. The third kappa shape index (κ3) is 3.35. The van der Waals surface area contributed by atoms with Crippen LogP contribution in [0.4, 0.5) is 16.3 Å². The average Bonchev–Trinajstić information content (AvgIpc) is 2.82. The normalized spacial score (nSPS) is 15.4. The van der Waals surface area contributed by atoms with Crippen molar-refractivity contribution in [2.24, 2.45) is 0 Å². The van der Waals surface area contributed by atoms with E-state index >= 15 is 0 Å². The van der Waals surface area contributed by atoms with Gasteiger partial charge in [0.25, 0.3) is 0 Å². The zero-order chi connectivity index (χ0) is 13.0. The number of carbonyl (C=O) groups is 1. The largest absolute Gasteiger partial charge is 0.363 e. The van der Waals surface area contributed by atoms with Gasteiger partial charge in [0, 0.05) is 20.1 Å². The molecule has 98 valence electrons. The van der Waals surface area contributed by atoms with E-state index < -0.39 is 0 Å². The summed E-state index contributed by atoms with van der Waals surface area (Å²) >= 11 is 0. The summed E-state index contributed by atoms with van der Waals surface area (Å²) in [5, 5.41) is 5.78. The summed E-state index contributed by atoms with van der Waals surface area (Å²) in [7, 11) is 3.87. The molecule has 5 nitrogen and oxygen atoms in total. The van der Waals surface area contributed by atoms with E-state index in [9.17, 15) is 4.79 Å². The number of hydrogen-bond acceptors (Lipinski definition) is 3. The van der Waals surface area contributed by atoms with Crippen molar-refractivity contribution in [2.45, 2.75) is 31.7 Å². The van der Waals surface area contributed by atoms with Crippen molar-refractivity contribution in [1.82, 2.24) is 10.3 Å². The number of amides is 2. The smallest absolute Gasteiger partial charge is 0.319 e. The van der Waals surface area contributed by atoms with Gasteiger partial charge in [0.15, 0.2) is 0 Å². The number of anilines is 2. The van der Waals surface area contributed by atoms with E-state index in [-0.39, 0.29) is 6.03 Å². The van der Waals surface area contributed by atoms with Gasteiger partial charge in [-0.15, -0.1) is 0 Å². The molecule has 2 rings (SSSR count). The van der Waals surface area contributed by atoms with Gasteiger partial charge < -0.3 is 15.5 Å². The second-order valence-electron chi connectivity index (χ2n) is 4.88. The Morgan fingerprint density at radius 3 is 2.61 bits per heavy atom.